The van der Waals surface area contributed by atoms with E-state index in [4.69, 9.17) is 11.6 Å². The molecule has 0 atom stereocenters. The van der Waals surface area contributed by atoms with E-state index >= 15 is 0 Å². The van der Waals surface area contributed by atoms with Gasteiger partial charge in [0.25, 0.3) is 0 Å². The summed E-state index contributed by atoms with van der Waals surface area (Å²) in [5.74, 6) is -0.00352. The molecule has 4 nitrogen and oxygen atoms in total. The van der Waals surface area contributed by atoms with Gasteiger partial charge in [-0.2, -0.15) is 0 Å². The Morgan fingerprint density at radius 2 is 2.09 bits per heavy atom. The van der Waals surface area contributed by atoms with Crippen LogP contribution < -0.4 is 5.32 Å². The van der Waals surface area contributed by atoms with Crippen molar-refractivity contribution in [2.75, 3.05) is 0 Å². The van der Waals surface area contributed by atoms with Gasteiger partial charge in [-0.1, -0.05) is 30.9 Å². The minimum atomic E-state index is -0.00352. The number of nitrogens with zero attached hydrogens (tertiary/aromatic N) is 1. The van der Waals surface area contributed by atoms with Crippen LogP contribution >= 0.6 is 11.6 Å². The number of carbonyl (C=O) groups is 2. The van der Waals surface area contributed by atoms with E-state index in [1.807, 2.05) is 10.6 Å². The number of hydrogen-bond donors (Lipinski definition) is 1. The quantitative estimate of drug-likeness (QED) is 0.876. The molecule has 1 aromatic carbocycles. The Morgan fingerprint density at radius 1 is 1.32 bits per heavy atom. The van der Waals surface area contributed by atoms with Gasteiger partial charge < -0.3 is 9.88 Å². The summed E-state index contributed by atoms with van der Waals surface area (Å²) in [4.78, 5) is 23.4. The van der Waals surface area contributed by atoms with Gasteiger partial charge in [0.05, 0.1) is 0 Å². The smallest absolute Gasteiger partial charge is 0.240 e. The van der Waals surface area contributed by atoms with Crippen LogP contribution in [-0.2, 0) is 11.3 Å². The lowest BCUT2D eigenvalue weighted by molar-refractivity contribution is -0.122. The maximum Gasteiger partial charge on any atom is 0.240 e. The molecular weight excluding hydrogens is 300 g/mol. The molecule has 1 amide bonds. The zero-order valence-electron chi connectivity index (χ0n) is 12.3. The number of benzene rings is 1. The van der Waals surface area contributed by atoms with Gasteiger partial charge in [-0.15, -0.1) is 0 Å². The lowest BCUT2D eigenvalue weighted by Gasteiger charge is -2.22. The maximum atomic E-state index is 12.2. The highest BCUT2D eigenvalue weighted by atomic mass is 35.5. The van der Waals surface area contributed by atoms with Gasteiger partial charge in [0, 0.05) is 33.7 Å². The second-order valence-electron chi connectivity index (χ2n) is 5.89. The average molecular weight is 319 g/mol. The van der Waals surface area contributed by atoms with Crippen LogP contribution in [0, 0.1) is 0 Å². The second-order valence-corrected chi connectivity index (χ2v) is 6.33. The molecule has 1 saturated carbocycles. The molecule has 0 saturated heterocycles. The summed E-state index contributed by atoms with van der Waals surface area (Å²) in [5, 5.41) is 4.47. The van der Waals surface area contributed by atoms with Crippen molar-refractivity contribution >= 4 is 34.7 Å². The van der Waals surface area contributed by atoms with E-state index in [-0.39, 0.29) is 12.5 Å². The Labute approximate surface area is 134 Å². The highest BCUT2D eigenvalue weighted by Gasteiger charge is 2.17. The van der Waals surface area contributed by atoms with Gasteiger partial charge >= 0.3 is 0 Å². The molecule has 22 heavy (non-hydrogen) atoms. The van der Waals surface area contributed by atoms with Crippen molar-refractivity contribution in [1.82, 2.24) is 9.88 Å². The number of aldehydes is 1. The van der Waals surface area contributed by atoms with Crippen molar-refractivity contribution in [2.24, 2.45) is 0 Å². The summed E-state index contributed by atoms with van der Waals surface area (Å²) in [5.41, 5.74) is 1.41. The van der Waals surface area contributed by atoms with Gasteiger partial charge in [-0.05, 0) is 31.0 Å². The van der Waals surface area contributed by atoms with Crippen molar-refractivity contribution in [3.8, 4) is 0 Å². The zero-order valence-corrected chi connectivity index (χ0v) is 13.1. The Balaban J connectivity index is 1.78. The van der Waals surface area contributed by atoms with Crippen LogP contribution in [0.15, 0.2) is 24.4 Å². The van der Waals surface area contributed by atoms with E-state index in [0.717, 1.165) is 30.0 Å². The van der Waals surface area contributed by atoms with Crippen molar-refractivity contribution in [2.45, 2.75) is 44.7 Å². The van der Waals surface area contributed by atoms with Crippen molar-refractivity contribution in [1.29, 1.82) is 0 Å². The third kappa shape index (κ3) is 3.17. The SMILES string of the molecule is O=Cc1cn(CC(=O)NC2CCCCC2)c2ccc(Cl)cc12. The first-order valence-corrected chi connectivity index (χ1v) is 8.08. The summed E-state index contributed by atoms with van der Waals surface area (Å²) < 4.78 is 1.81. The third-order valence-corrected chi connectivity index (χ3v) is 4.52. The number of fused-ring (bicyclic) bond motifs is 1. The topological polar surface area (TPSA) is 51.1 Å². The summed E-state index contributed by atoms with van der Waals surface area (Å²) in [6, 6.07) is 5.67. The van der Waals surface area contributed by atoms with Gasteiger partial charge in [-0.25, -0.2) is 0 Å². The predicted molar refractivity (Wildman–Crippen MR) is 87.4 cm³/mol. The first kappa shape index (κ1) is 15.1. The van der Waals surface area contributed by atoms with Crippen LogP contribution in [0.2, 0.25) is 5.02 Å². The number of amides is 1. The first-order valence-electron chi connectivity index (χ1n) is 7.70. The molecule has 0 bridgehead atoms. The van der Waals surface area contributed by atoms with Crippen LogP contribution in [0.1, 0.15) is 42.5 Å². The van der Waals surface area contributed by atoms with Crippen LogP contribution in [0.25, 0.3) is 10.9 Å². The number of halogens is 1. The van der Waals surface area contributed by atoms with Crippen LogP contribution in [-0.4, -0.2) is 22.8 Å². The normalized spacial score (nSPS) is 15.9. The highest BCUT2D eigenvalue weighted by molar-refractivity contribution is 6.31. The predicted octanol–water partition coefficient (Wildman–Crippen LogP) is 3.56. The highest BCUT2D eigenvalue weighted by Crippen LogP contribution is 2.24. The molecule has 1 aliphatic carbocycles. The summed E-state index contributed by atoms with van der Waals surface area (Å²) >= 11 is 5.99. The zero-order chi connectivity index (χ0) is 15.5. The van der Waals surface area contributed by atoms with E-state index < -0.39 is 0 Å². The first-order chi connectivity index (χ1) is 10.7. The van der Waals surface area contributed by atoms with E-state index in [0.29, 0.717) is 16.6 Å². The molecule has 1 fully saturated rings. The van der Waals surface area contributed by atoms with Crippen LogP contribution in [0.4, 0.5) is 0 Å². The third-order valence-electron chi connectivity index (χ3n) is 4.29. The molecule has 116 valence electrons. The van der Waals surface area contributed by atoms with Gasteiger partial charge in [0.2, 0.25) is 5.91 Å². The molecule has 1 aromatic heterocycles. The van der Waals surface area contributed by atoms with Gasteiger partial charge in [-0.3, -0.25) is 9.59 Å². The maximum absolute atomic E-state index is 12.2. The summed E-state index contributed by atoms with van der Waals surface area (Å²) in [6.07, 6.45) is 8.28. The second kappa shape index (κ2) is 6.53. The largest absolute Gasteiger partial charge is 0.352 e. The van der Waals surface area contributed by atoms with Crippen molar-refractivity contribution < 1.29 is 9.59 Å². The van der Waals surface area contributed by atoms with E-state index in [9.17, 15) is 9.59 Å². The van der Waals surface area contributed by atoms with Crippen molar-refractivity contribution in [3.05, 3.63) is 35.0 Å². The fourth-order valence-electron chi connectivity index (χ4n) is 3.20. The molecule has 1 heterocycles. The molecule has 1 aliphatic rings. The van der Waals surface area contributed by atoms with E-state index in [2.05, 4.69) is 5.32 Å². The lowest BCUT2D eigenvalue weighted by Crippen LogP contribution is -2.38. The molecule has 0 spiro atoms. The number of aromatic nitrogens is 1. The number of nitrogens with one attached hydrogen (secondary N) is 1. The molecule has 0 radical (unpaired) electrons. The Kier molecular flexibility index (Phi) is 4.48. The van der Waals surface area contributed by atoms with E-state index in [1.165, 1.54) is 19.3 Å². The minimum Gasteiger partial charge on any atom is -0.352 e. The fourth-order valence-corrected chi connectivity index (χ4v) is 3.37. The standard InChI is InChI=1S/C17H19ClN2O2/c18-13-6-7-16-15(8-13)12(11-21)9-20(16)10-17(22)19-14-4-2-1-3-5-14/h6-9,11,14H,1-5,10H2,(H,19,22). The molecular formula is C17H19ClN2O2. The van der Waals surface area contributed by atoms with Gasteiger partial charge in [0.15, 0.2) is 6.29 Å². The molecule has 2 aromatic rings. The molecule has 0 unspecified atom stereocenters. The molecule has 5 heteroatoms. The number of rotatable bonds is 4. The Morgan fingerprint density at radius 3 is 2.82 bits per heavy atom. The number of hydrogen-bond acceptors (Lipinski definition) is 2. The summed E-state index contributed by atoms with van der Waals surface area (Å²) in [7, 11) is 0. The Hall–Kier alpha value is -1.81. The molecule has 3 rings (SSSR count). The Bertz CT molecular complexity index is 702. The molecule has 1 N–H and O–H groups in total. The fraction of sp³-hybridized carbons (Fsp3) is 0.412. The molecule has 0 aliphatic heterocycles. The van der Waals surface area contributed by atoms with Crippen molar-refractivity contribution in [3.63, 3.8) is 0 Å². The monoisotopic (exact) mass is 318 g/mol. The van der Waals surface area contributed by atoms with E-state index in [1.54, 1.807) is 18.3 Å². The number of carbonyl (C=O) groups excluding carboxylic acids is 2. The van der Waals surface area contributed by atoms with Crippen LogP contribution in [0.3, 0.4) is 0 Å². The minimum absolute atomic E-state index is 0.00352. The van der Waals surface area contributed by atoms with Crippen LogP contribution in [0.5, 0.6) is 0 Å². The summed E-state index contributed by atoms with van der Waals surface area (Å²) in [6.45, 7) is 0.225. The average Bonchev–Trinajstić information content (AvgIpc) is 2.85. The van der Waals surface area contributed by atoms with Gasteiger partial charge in [0.1, 0.15) is 6.54 Å². The lowest BCUT2D eigenvalue weighted by atomic mass is 9.95.